The number of nitrogens with zero attached hydrogens (tertiary/aromatic N) is 3. The SMILES string of the molecule is N#Cc1nccnc1Nc1ccc(C(=O)O)cc1F. The first-order valence-electron chi connectivity index (χ1n) is 5.13. The van der Waals surface area contributed by atoms with Crippen molar-refractivity contribution in [2.45, 2.75) is 0 Å². The van der Waals surface area contributed by atoms with Gasteiger partial charge in [-0.25, -0.2) is 19.2 Å². The molecule has 1 aromatic heterocycles. The van der Waals surface area contributed by atoms with Crippen LogP contribution in [0.3, 0.4) is 0 Å². The van der Waals surface area contributed by atoms with Crippen molar-refractivity contribution < 1.29 is 14.3 Å². The number of hydrogen-bond donors (Lipinski definition) is 2. The fourth-order valence-corrected chi connectivity index (χ4v) is 1.39. The van der Waals surface area contributed by atoms with Gasteiger partial charge in [0, 0.05) is 12.4 Å². The standard InChI is InChI=1S/C12H7FN4O2/c13-8-5-7(12(18)19)1-2-9(8)17-11-10(6-14)15-3-4-16-11/h1-5H,(H,16,17)(H,18,19). The Balaban J connectivity index is 2.34. The van der Waals surface area contributed by atoms with Gasteiger partial charge in [-0.15, -0.1) is 0 Å². The van der Waals surface area contributed by atoms with Gasteiger partial charge in [0.2, 0.25) is 0 Å². The zero-order chi connectivity index (χ0) is 13.8. The summed E-state index contributed by atoms with van der Waals surface area (Å²) in [6, 6.07) is 5.20. The molecule has 19 heavy (non-hydrogen) atoms. The highest BCUT2D eigenvalue weighted by Gasteiger charge is 2.11. The second kappa shape index (κ2) is 5.10. The van der Waals surface area contributed by atoms with Gasteiger partial charge in [0.05, 0.1) is 11.3 Å². The second-order valence-corrected chi connectivity index (χ2v) is 3.49. The molecule has 0 bridgehead atoms. The van der Waals surface area contributed by atoms with Crippen molar-refractivity contribution in [1.29, 1.82) is 5.26 Å². The number of hydrogen-bond acceptors (Lipinski definition) is 5. The minimum absolute atomic E-state index is 0.0157. The molecule has 94 valence electrons. The molecule has 0 spiro atoms. The summed E-state index contributed by atoms with van der Waals surface area (Å²) in [5.41, 5.74) is -0.131. The zero-order valence-corrected chi connectivity index (χ0v) is 9.46. The quantitative estimate of drug-likeness (QED) is 0.872. The minimum atomic E-state index is -1.22. The number of carboxylic acid groups (broad SMARTS) is 1. The lowest BCUT2D eigenvalue weighted by Crippen LogP contribution is -2.02. The lowest BCUT2D eigenvalue weighted by Gasteiger charge is -2.07. The maximum atomic E-state index is 13.7. The summed E-state index contributed by atoms with van der Waals surface area (Å²) in [6.45, 7) is 0. The predicted molar refractivity (Wildman–Crippen MR) is 63.4 cm³/mol. The molecule has 0 aliphatic carbocycles. The van der Waals surface area contributed by atoms with Gasteiger partial charge in [-0.1, -0.05) is 0 Å². The topological polar surface area (TPSA) is 98.9 Å². The molecule has 7 heteroatoms. The number of carboxylic acids is 1. The Bertz CT molecular complexity index is 682. The number of aromatic carboxylic acids is 1. The third-order valence-corrected chi connectivity index (χ3v) is 2.27. The van der Waals surface area contributed by atoms with Crippen LogP contribution in [0.15, 0.2) is 30.6 Å². The number of aromatic nitrogens is 2. The van der Waals surface area contributed by atoms with Gasteiger partial charge >= 0.3 is 5.97 Å². The number of nitrogens with one attached hydrogen (secondary N) is 1. The summed E-state index contributed by atoms with van der Waals surface area (Å²) in [5, 5.41) is 20.1. The average Bonchev–Trinajstić information content (AvgIpc) is 2.41. The molecule has 2 rings (SSSR count). The van der Waals surface area contributed by atoms with Crippen molar-refractivity contribution in [3.8, 4) is 6.07 Å². The Hall–Kier alpha value is -3.01. The van der Waals surface area contributed by atoms with Crippen molar-refractivity contribution in [2.24, 2.45) is 0 Å². The predicted octanol–water partition coefficient (Wildman–Crippen LogP) is 1.93. The lowest BCUT2D eigenvalue weighted by molar-refractivity contribution is 0.0696. The second-order valence-electron chi connectivity index (χ2n) is 3.49. The van der Waals surface area contributed by atoms with E-state index in [0.29, 0.717) is 0 Å². The van der Waals surface area contributed by atoms with E-state index in [0.717, 1.165) is 6.07 Å². The van der Waals surface area contributed by atoms with Gasteiger partial charge in [-0.2, -0.15) is 5.26 Å². The summed E-state index contributed by atoms with van der Waals surface area (Å²) in [4.78, 5) is 18.3. The molecule has 1 aromatic carbocycles. The highest BCUT2D eigenvalue weighted by Crippen LogP contribution is 2.21. The van der Waals surface area contributed by atoms with Gasteiger partial charge in [0.25, 0.3) is 0 Å². The van der Waals surface area contributed by atoms with Gasteiger partial charge in [0.1, 0.15) is 11.9 Å². The molecule has 0 aliphatic rings. The molecule has 0 fully saturated rings. The third-order valence-electron chi connectivity index (χ3n) is 2.27. The molecule has 6 nitrogen and oxygen atoms in total. The highest BCUT2D eigenvalue weighted by molar-refractivity contribution is 5.88. The minimum Gasteiger partial charge on any atom is -0.478 e. The molecule has 0 aliphatic heterocycles. The summed E-state index contributed by atoms with van der Waals surface area (Å²) < 4.78 is 13.7. The van der Waals surface area contributed by atoms with Gasteiger partial charge < -0.3 is 10.4 Å². The fourth-order valence-electron chi connectivity index (χ4n) is 1.39. The van der Waals surface area contributed by atoms with Crippen LogP contribution in [0.4, 0.5) is 15.9 Å². The van der Waals surface area contributed by atoms with E-state index < -0.39 is 11.8 Å². The van der Waals surface area contributed by atoms with E-state index in [1.807, 2.05) is 6.07 Å². The first-order valence-corrected chi connectivity index (χ1v) is 5.13. The Kier molecular flexibility index (Phi) is 3.34. The lowest BCUT2D eigenvalue weighted by atomic mass is 10.2. The summed E-state index contributed by atoms with van der Waals surface area (Å²) >= 11 is 0. The van der Waals surface area contributed by atoms with Crippen LogP contribution in [-0.4, -0.2) is 21.0 Å². The summed E-state index contributed by atoms with van der Waals surface area (Å²) in [7, 11) is 0. The third kappa shape index (κ3) is 2.63. The molecule has 2 aromatic rings. The summed E-state index contributed by atoms with van der Waals surface area (Å²) in [5.74, 6) is -1.87. The maximum Gasteiger partial charge on any atom is 0.335 e. The van der Waals surface area contributed by atoms with Crippen molar-refractivity contribution >= 4 is 17.5 Å². The molecule has 1 heterocycles. The largest absolute Gasteiger partial charge is 0.478 e. The maximum absolute atomic E-state index is 13.7. The van der Waals surface area contributed by atoms with E-state index in [2.05, 4.69) is 15.3 Å². The van der Waals surface area contributed by atoms with Crippen molar-refractivity contribution in [3.05, 3.63) is 47.7 Å². The first-order chi connectivity index (χ1) is 9.11. The van der Waals surface area contributed by atoms with E-state index in [4.69, 9.17) is 10.4 Å². The molecule has 0 amide bonds. The number of nitriles is 1. The number of rotatable bonds is 3. The number of benzene rings is 1. The van der Waals surface area contributed by atoms with Crippen molar-refractivity contribution in [3.63, 3.8) is 0 Å². The molecule has 0 atom stereocenters. The van der Waals surface area contributed by atoms with Crippen molar-refractivity contribution in [2.75, 3.05) is 5.32 Å². The molecular formula is C12H7FN4O2. The van der Waals surface area contributed by atoms with Crippen LogP contribution < -0.4 is 5.32 Å². The first kappa shape index (κ1) is 12.4. The normalized spacial score (nSPS) is 9.68. The van der Waals surface area contributed by atoms with Crippen LogP contribution >= 0.6 is 0 Å². The molecule has 0 saturated carbocycles. The van der Waals surface area contributed by atoms with Gasteiger partial charge in [0.15, 0.2) is 11.5 Å². The van der Waals surface area contributed by atoms with E-state index in [-0.39, 0.29) is 22.8 Å². The average molecular weight is 258 g/mol. The summed E-state index contributed by atoms with van der Waals surface area (Å²) in [6.07, 6.45) is 2.69. The number of carbonyl (C=O) groups is 1. The zero-order valence-electron chi connectivity index (χ0n) is 9.46. The molecule has 0 saturated heterocycles. The van der Waals surface area contributed by atoms with Crippen LogP contribution in [-0.2, 0) is 0 Å². The molecule has 2 N–H and O–H groups in total. The van der Waals surface area contributed by atoms with Crippen molar-refractivity contribution in [1.82, 2.24) is 9.97 Å². The molecule has 0 unspecified atom stereocenters. The van der Waals surface area contributed by atoms with Crippen LogP contribution in [0.5, 0.6) is 0 Å². The van der Waals surface area contributed by atoms with Gasteiger partial charge in [-0.3, -0.25) is 0 Å². The number of halogens is 1. The van der Waals surface area contributed by atoms with E-state index in [1.54, 1.807) is 0 Å². The highest BCUT2D eigenvalue weighted by atomic mass is 19.1. The fraction of sp³-hybridized carbons (Fsp3) is 0. The number of anilines is 2. The van der Waals surface area contributed by atoms with E-state index >= 15 is 0 Å². The van der Waals surface area contributed by atoms with E-state index in [9.17, 15) is 9.18 Å². The smallest absolute Gasteiger partial charge is 0.335 e. The monoisotopic (exact) mass is 258 g/mol. The Morgan fingerprint density at radius 2 is 2.11 bits per heavy atom. The van der Waals surface area contributed by atoms with Crippen LogP contribution in [0.1, 0.15) is 16.1 Å². The Morgan fingerprint density at radius 3 is 2.74 bits per heavy atom. The Morgan fingerprint density at radius 1 is 1.37 bits per heavy atom. The van der Waals surface area contributed by atoms with Crippen LogP contribution in [0.2, 0.25) is 0 Å². The Labute approximate surface area is 107 Å². The molecular weight excluding hydrogens is 251 g/mol. The molecule has 0 radical (unpaired) electrons. The van der Waals surface area contributed by atoms with Crippen LogP contribution in [0.25, 0.3) is 0 Å². The van der Waals surface area contributed by atoms with E-state index in [1.165, 1.54) is 24.5 Å². The van der Waals surface area contributed by atoms with Crippen LogP contribution in [0, 0.1) is 17.1 Å². The van der Waals surface area contributed by atoms with Gasteiger partial charge in [-0.05, 0) is 18.2 Å².